The molecule has 0 amide bonds. The molecule has 0 bridgehead atoms. The summed E-state index contributed by atoms with van der Waals surface area (Å²) in [7, 11) is -4.11. The molecule has 0 aliphatic carbocycles. The van der Waals surface area contributed by atoms with Crippen molar-refractivity contribution in [2.75, 3.05) is 4.31 Å². The van der Waals surface area contributed by atoms with Crippen molar-refractivity contribution >= 4 is 67.4 Å². The topological polar surface area (TPSA) is 54.5 Å². The maximum atomic E-state index is 13.0. The predicted octanol–water partition coefficient (Wildman–Crippen LogP) is 5.00. The van der Waals surface area contributed by atoms with E-state index in [0.717, 1.165) is 4.31 Å². The molecule has 1 atom stereocenters. The van der Waals surface area contributed by atoms with Crippen molar-refractivity contribution in [1.29, 1.82) is 0 Å². The predicted molar refractivity (Wildman–Crippen MR) is 97.9 cm³/mol. The lowest BCUT2D eigenvalue weighted by Crippen LogP contribution is -2.42. The van der Waals surface area contributed by atoms with Crippen molar-refractivity contribution in [1.82, 2.24) is 0 Å². The number of rotatable bonds is 5. The summed E-state index contributed by atoms with van der Waals surface area (Å²) in [5, 5.41) is -0.0627. The summed E-state index contributed by atoms with van der Waals surface area (Å²) in [5.74, 6) is 0. The molecule has 0 aliphatic heterocycles. The van der Waals surface area contributed by atoms with E-state index in [1.54, 1.807) is 0 Å². The Kier molecular flexibility index (Phi) is 6.04. The van der Waals surface area contributed by atoms with E-state index >= 15 is 0 Å². The minimum absolute atomic E-state index is 0.0531. The third-order valence-electron chi connectivity index (χ3n) is 3.20. The second-order valence-corrected chi connectivity index (χ2v) is 8.30. The number of nitrogens with zero attached hydrogens (tertiary/aromatic N) is 1. The monoisotopic (exact) mass is 425 g/mol. The molecule has 0 radical (unpaired) electrons. The van der Waals surface area contributed by atoms with Gasteiger partial charge in [0.05, 0.1) is 15.6 Å². The Morgan fingerprint density at radius 2 is 1.54 bits per heavy atom. The fraction of sp³-hybridized carbons (Fsp3) is 0.133. The first-order valence-electron chi connectivity index (χ1n) is 6.59. The van der Waals surface area contributed by atoms with Crippen molar-refractivity contribution in [3.63, 3.8) is 0 Å². The van der Waals surface area contributed by atoms with Crippen LogP contribution in [0.1, 0.15) is 6.92 Å². The number of benzene rings is 2. The van der Waals surface area contributed by atoms with E-state index in [0.29, 0.717) is 10.0 Å². The number of hydrogen-bond donors (Lipinski definition) is 0. The van der Waals surface area contributed by atoms with Gasteiger partial charge in [-0.05, 0) is 61.0 Å². The lowest BCUT2D eigenvalue weighted by Gasteiger charge is -2.29. The highest BCUT2D eigenvalue weighted by Crippen LogP contribution is 2.34. The first kappa shape index (κ1) is 19.3. The molecule has 0 N–H and O–H groups in total. The number of anilines is 1. The highest BCUT2D eigenvalue weighted by atomic mass is 35.5. The minimum Gasteiger partial charge on any atom is -0.279 e. The summed E-state index contributed by atoms with van der Waals surface area (Å²) >= 11 is 23.3. The summed E-state index contributed by atoms with van der Waals surface area (Å²) < 4.78 is 26.9. The third kappa shape index (κ3) is 3.98. The number of carbonyl (C=O) groups excluding carboxylic acids is 1. The molecule has 0 spiro atoms. The molecule has 2 aromatic carbocycles. The molecular weight excluding hydrogens is 416 g/mol. The molecular formula is C15H11Cl4NO3S. The zero-order valence-corrected chi connectivity index (χ0v) is 16.1. The first-order chi connectivity index (χ1) is 11.1. The van der Waals surface area contributed by atoms with Gasteiger partial charge >= 0.3 is 0 Å². The summed E-state index contributed by atoms with van der Waals surface area (Å²) in [6.45, 7) is 1.37. The van der Waals surface area contributed by atoms with Crippen LogP contribution < -0.4 is 4.31 Å². The van der Waals surface area contributed by atoms with E-state index in [-0.39, 0.29) is 15.6 Å². The van der Waals surface area contributed by atoms with Gasteiger partial charge in [0, 0.05) is 10.0 Å². The number of sulfonamides is 1. The van der Waals surface area contributed by atoms with E-state index in [4.69, 9.17) is 46.4 Å². The van der Waals surface area contributed by atoms with Gasteiger partial charge in [-0.25, -0.2) is 8.42 Å². The zero-order valence-electron chi connectivity index (χ0n) is 12.2. The number of hydrogen-bond acceptors (Lipinski definition) is 3. The molecule has 2 rings (SSSR count). The van der Waals surface area contributed by atoms with Gasteiger partial charge in [0.1, 0.15) is 6.04 Å². The lowest BCUT2D eigenvalue weighted by atomic mass is 10.3. The zero-order chi connectivity index (χ0) is 18.1. The smallest absolute Gasteiger partial charge is 0.265 e. The van der Waals surface area contributed by atoms with Crippen molar-refractivity contribution in [2.45, 2.75) is 17.9 Å². The quantitative estimate of drug-likeness (QED) is 0.632. The Balaban J connectivity index is 2.66. The molecule has 0 saturated heterocycles. The maximum Gasteiger partial charge on any atom is 0.265 e. The van der Waals surface area contributed by atoms with E-state index in [9.17, 15) is 13.2 Å². The lowest BCUT2D eigenvalue weighted by molar-refractivity contribution is -0.112. The molecule has 0 aromatic heterocycles. The van der Waals surface area contributed by atoms with Crippen LogP contribution in [0.15, 0.2) is 47.4 Å². The molecule has 0 aliphatic rings. The fourth-order valence-electron chi connectivity index (χ4n) is 2.02. The molecule has 0 fully saturated rings. The summed E-state index contributed by atoms with van der Waals surface area (Å²) in [5.41, 5.74) is 0.0949. The van der Waals surface area contributed by atoms with Crippen molar-refractivity contribution in [3.8, 4) is 0 Å². The van der Waals surface area contributed by atoms with Gasteiger partial charge in [0.25, 0.3) is 10.0 Å². The fourth-order valence-corrected chi connectivity index (χ4v) is 4.49. The van der Waals surface area contributed by atoms with Crippen LogP contribution in [-0.2, 0) is 14.8 Å². The number of carbonyl (C=O) groups is 1. The molecule has 24 heavy (non-hydrogen) atoms. The van der Waals surface area contributed by atoms with Crippen LogP contribution in [0.25, 0.3) is 0 Å². The van der Waals surface area contributed by atoms with Gasteiger partial charge in [0.2, 0.25) is 5.24 Å². The van der Waals surface area contributed by atoms with Crippen molar-refractivity contribution < 1.29 is 13.2 Å². The van der Waals surface area contributed by atoms with Crippen LogP contribution in [0.4, 0.5) is 5.69 Å². The highest BCUT2D eigenvalue weighted by molar-refractivity contribution is 7.93. The van der Waals surface area contributed by atoms with Crippen molar-refractivity contribution in [2.24, 2.45) is 0 Å². The molecule has 9 heteroatoms. The van der Waals surface area contributed by atoms with Gasteiger partial charge in [-0.3, -0.25) is 9.10 Å². The molecule has 0 saturated carbocycles. The maximum absolute atomic E-state index is 13.0. The molecule has 128 valence electrons. The average Bonchev–Trinajstić information content (AvgIpc) is 2.49. The molecule has 2 aromatic rings. The van der Waals surface area contributed by atoms with E-state index in [1.807, 2.05) is 0 Å². The minimum atomic E-state index is -4.11. The Bertz CT molecular complexity index is 869. The number of halogens is 4. The standard InChI is InChI=1S/C15H11Cl4NO3S/c1-9(15(19)21)20(14-7-4-11(17)8-13(14)18)24(22,23)12-5-2-10(16)3-6-12/h2-9H,1H3. The van der Waals surface area contributed by atoms with Gasteiger partial charge in [-0.2, -0.15) is 0 Å². The Labute approximate surface area is 159 Å². The van der Waals surface area contributed by atoms with Crippen LogP contribution >= 0.6 is 46.4 Å². The van der Waals surface area contributed by atoms with E-state index in [2.05, 4.69) is 0 Å². The van der Waals surface area contributed by atoms with Crippen LogP contribution in [0, 0.1) is 0 Å². The van der Waals surface area contributed by atoms with Crippen LogP contribution in [-0.4, -0.2) is 19.7 Å². The van der Waals surface area contributed by atoms with Gasteiger partial charge in [-0.15, -0.1) is 0 Å². The highest BCUT2D eigenvalue weighted by Gasteiger charge is 2.34. The second kappa shape index (κ2) is 7.50. The van der Waals surface area contributed by atoms with Crippen LogP contribution in [0.5, 0.6) is 0 Å². The Morgan fingerprint density at radius 3 is 2.04 bits per heavy atom. The van der Waals surface area contributed by atoms with Crippen LogP contribution in [0.3, 0.4) is 0 Å². The van der Waals surface area contributed by atoms with Crippen molar-refractivity contribution in [3.05, 3.63) is 57.5 Å². The van der Waals surface area contributed by atoms with E-state index < -0.39 is 21.3 Å². The largest absolute Gasteiger partial charge is 0.279 e. The molecule has 0 heterocycles. The summed E-state index contributed by atoms with van der Waals surface area (Å²) in [4.78, 5) is 11.6. The molecule has 4 nitrogen and oxygen atoms in total. The SMILES string of the molecule is CC(C(=O)Cl)N(c1ccc(Cl)cc1Cl)S(=O)(=O)c1ccc(Cl)cc1. The second-order valence-electron chi connectivity index (χ2n) is 4.83. The van der Waals surface area contributed by atoms with Gasteiger partial charge in [0.15, 0.2) is 0 Å². The summed E-state index contributed by atoms with van der Waals surface area (Å²) in [6.07, 6.45) is 0. The third-order valence-corrected chi connectivity index (χ3v) is 6.20. The summed E-state index contributed by atoms with van der Waals surface area (Å²) in [6, 6.07) is 8.62. The van der Waals surface area contributed by atoms with E-state index in [1.165, 1.54) is 49.4 Å². The van der Waals surface area contributed by atoms with Crippen LogP contribution in [0.2, 0.25) is 15.1 Å². The Morgan fingerprint density at radius 1 is 1.00 bits per heavy atom. The average molecular weight is 427 g/mol. The molecule has 1 unspecified atom stereocenters. The first-order valence-corrected chi connectivity index (χ1v) is 9.54. The van der Waals surface area contributed by atoms with Gasteiger partial charge in [-0.1, -0.05) is 34.8 Å². The van der Waals surface area contributed by atoms with Gasteiger partial charge < -0.3 is 0 Å². The Hall–Kier alpha value is -0.980. The normalized spacial score (nSPS) is 12.7.